The van der Waals surface area contributed by atoms with Crippen molar-refractivity contribution >= 4 is 43.5 Å². The Balaban J connectivity index is 1.18. The fraction of sp³-hybridized carbons (Fsp3) is 0.0600. The molecule has 0 radical (unpaired) electrons. The summed E-state index contributed by atoms with van der Waals surface area (Å²) in [6, 6.07) is 57.5. The van der Waals surface area contributed by atoms with Crippen molar-refractivity contribution < 1.29 is 4.42 Å². The number of aromatic nitrogens is 3. The maximum atomic E-state index is 6.67. The van der Waals surface area contributed by atoms with E-state index in [1.165, 1.54) is 44.2 Å². The molecule has 2 aromatic heterocycles. The Morgan fingerprint density at radius 2 is 0.944 bits per heavy atom. The van der Waals surface area contributed by atoms with Crippen LogP contribution in [-0.4, -0.2) is 15.0 Å². The number of fused-ring (bicyclic) bond motifs is 11. The van der Waals surface area contributed by atoms with E-state index < -0.39 is 0 Å². The van der Waals surface area contributed by atoms with Crippen molar-refractivity contribution in [1.82, 2.24) is 15.0 Å². The van der Waals surface area contributed by atoms with Gasteiger partial charge in [0.05, 0.1) is 0 Å². The molecule has 11 rings (SSSR count). The Bertz CT molecular complexity index is 3070. The van der Waals surface area contributed by atoms with Crippen molar-refractivity contribution in [2.45, 2.75) is 19.3 Å². The van der Waals surface area contributed by atoms with Gasteiger partial charge in [0.2, 0.25) is 0 Å². The molecule has 0 saturated heterocycles. The van der Waals surface area contributed by atoms with Gasteiger partial charge in [-0.05, 0) is 61.7 Å². The molecule has 0 N–H and O–H groups in total. The van der Waals surface area contributed by atoms with Crippen LogP contribution >= 0.6 is 0 Å². The van der Waals surface area contributed by atoms with Crippen molar-refractivity contribution in [1.29, 1.82) is 0 Å². The van der Waals surface area contributed by atoms with E-state index in [-0.39, 0.29) is 5.41 Å². The van der Waals surface area contributed by atoms with Crippen LogP contribution in [0.4, 0.5) is 0 Å². The molecular weight excluding hydrogens is 659 g/mol. The van der Waals surface area contributed by atoms with Crippen molar-refractivity contribution in [3.8, 4) is 56.4 Å². The predicted octanol–water partition coefficient (Wildman–Crippen LogP) is 13.1. The largest absolute Gasteiger partial charge is 0.455 e. The molecular formula is C50H33N3O. The smallest absolute Gasteiger partial charge is 0.164 e. The Morgan fingerprint density at radius 3 is 1.63 bits per heavy atom. The van der Waals surface area contributed by atoms with Gasteiger partial charge < -0.3 is 4.42 Å². The monoisotopic (exact) mass is 691 g/mol. The van der Waals surface area contributed by atoms with E-state index in [4.69, 9.17) is 19.4 Å². The average Bonchev–Trinajstić information content (AvgIpc) is 3.73. The minimum absolute atomic E-state index is 0.266. The van der Waals surface area contributed by atoms with Gasteiger partial charge in [-0.3, -0.25) is 0 Å². The van der Waals surface area contributed by atoms with Crippen LogP contribution in [0.25, 0.3) is 99.9 Å². The van der Waals surface area contributed by atoms with Gasteiger partial charge in [0.1, 0.15) is 11.2 Å². The summed E-state index contributed by atoms with van der Waals surface area (Å²) in [5.74, 6) is 1.95. The molecule has 0 fully saturated rings. The summed E-state index contributed by atoms with van der Waals surface area (Å²) in [5, 5.41) is 6.97. The number of furan rings is 1. The van der Waals surface area contributed by atoms with E-state index >= 15 is 0 Å². The Morgan fingerprint density at radius 1 is 0.407 bits per heavy atom. The van der Waals surface area contributed by atoms with Gasteiger partial charge in [-0.25, -0.2) is 15.0 Å². The van der Waals surface area contributed by atoms with Gasteiger partial charge in [-0.2, -0.15) is 0 Å². The van der Waals surface area contributed by atoms with Crippen LogP contribution in [0, 0.1) is 0 Å². The van der Waals surface area contributed by atoms with E-state index in [1.807, 2.05) is 60.7 Å². The van der Waals surface area contributed by atoms with Crippen molar-refractivity contribution in [2.24, 2.45) is 0 Å². The number of hydrogen-bond donors (Lipinski definition) is 0. The molecule has 4 heteroatoms. The lowest BCUT2D eigenvalue weighted by atomic mass is 9.79. The minimum Gasteiger partial charge on any atom is -0.455 e. The predicted molar refractivity (Wildman–Crippen MR) is 221 cm³/mol. The Kier molecular flexibility index (Phi) is 6.56. The zero-order chi connectivity index (χ0) is 36.0. The van der Waals surface area contributed by atoms with E-state index in [9.17, 15) is 0 Å². The number of benzene rings is 8. The standard InChI is InChI=1S/C50H33N3O/c1-50(2)40-26-15-25-35(42(40)43-36-22-11-12-23-37(36)46-44(45(43)50)39-24-13-14-27-41(39)54-46)34-28-29-38(33-21-10-9-20-32(33)34)49-52-47(30-16-5-3-6-17-30)51-48(53-49)31-18-7-4-8-19-31/h3-29H,1-2H3. The van der Waals surface area contributed by atoms with Crippen LogP contribution in [0.5, 0.6) is 0 Å². The maximum absolute atomic E-state index is 6.67. The second-order valence-electron chi connectivity index (χ2n) is 14.7. The van der Waals surface area contributed by atoms with Gasteiger partial charge in [-0.15, -0.1) is 0 Å². The van der Waals surface area contributed by atoms with E-state index in [2.05, 4.69) is 117 Å². The second kappa shape index (κ2) is 11.5. The molecule has 1 aliphatic carbocycles. The first-order valence-corrected chi connectivity index (χ1v) is 18.5. The summed E-state index contributed by atoms with van der Waals surface area (Å²) in [6.07, 6.45) is 0. The van der Waals surface area contributed by atoms with Crippen LogP contribution in [-0.2, 0) is 5.41 Å². The Labute approximate surface area is 312 Å². The molecule has 0 amide bonds. The van der Waals surface area contributed by atoms with Gasteiger partial charge in [0.15, 0.2) is 17.5 Å². The lowest BCUT2D eigenvalue weighted by molar-refractivity contribution is 0.659. The highest BCUT2D eigenvalue weighted by Crippen LogP contribution is 2.58. The molecule has 0 spiro atoms. The summed E-state index contributed by atoms with van der Waals surface area (Å²) < 4.78 is 6.67. The molecule has 0 saturated carbocycles. The third-order valence-electron chi connectivity index (χ3n) is 11.3. The fourth-order valence-electron chi connectivity index (χ4n) is 8.89. The SMILES string of the molecule is CC1(C)c2cccc(-c3ccc(-c4nc(-c5ccccc5)nc(-c5ccccc5)n4)c4ccccc34)c2-c2c1c1c3ccccc3oc1c1ccccc21. The normalized spacial score (nSPS) is 13.1. The zero-order valence-corrected chi connectivity index (χ0v) is 29.8. The first-order chi connectivity index (χ1) is 26.6. The van der Waals surface area contributed by atoms with Crippen LogP contribution < -0.4 is 0 Å². The molecule has 0 atom stereocenters. The summed E-state index contributed by atoms with van der Waals surface area (Å²) in [7, 11) is 0. The third-order valence-corrected chi connectivity index (χ3v) is 11.3. The van der Waals surface area contributed by atoms with E-state index in [0.717, 1.165) is 49.4 Å². The lowest BCUT2D eigenvalue weighted by Crippen LogP contribution is -2.15. The molecule has 10 aromatic rings. The number of hydrogen-bond acceptors (Lipinski definition) is 4. The molecule has 2 heterocycles. The zero-order valence-electron chi connectivity index (χ0n) is 29.8. The molecule has 8 aromatic carbocycles. The summed E-state index contributed by atoms with van der Waals surface area (Å²) in [6.45, 7) is 4.74. The van der Waals surface area contributed by atoms with Gasteiger partial charge >= 0.3 is 0 Å². The minimum atomic E-state index is -0.266. The molecule has 0 unspecified atom stereocenters. The van der Waals surface area contributed by atoms with Crippen molar-refractivity contribution in [3.05, 3.63) is 175 Å². The van der Waals surface area contributed by atoms with Crippen molar-refractivity contribution in [3.63, 3.8) is 0 Å². The van der Waals surface area contributed by atoms with E-state index in [1.54, 1.807) is 0 Å². The molecule has 1 aliphatic rings. The second-order valence-corrected chi connectivity index (χ2v) is 14.7. The first-order valence-electron chi connectivity index (χ1n) is 18.5. The number of para-hydroxylation sites is 1. The molecule has 4 nitrogen and oxygen atoms in total. The van der Waals surface area contributed by atoms with Gasteiger partial charge in [-0.1, -0.05) is 166 Å². The third kappa shape index (κ3) is 4.40. The van der Waals surface area contributed by atoms with Crippen LogP contribution in [0.15, 0.2) is 168 Å². The molecule has 54 heavy (non-hydrogen) atoms. The fourth-order valence-corrected chi connectivity index (χ4v) is 8.89. The van der Waals surface area contributed by atoms with Crippen LogP contribution in [0.1, 0.15) is 25.0 Å². The highest BCUT2D eigenvalue weighted by molar-refractivity contribution is 6.24. The topological polar surface area (TPSA) is 51.8 Å². The maximum Gasteiger partial charge on any atom is 0.164 e. The lowest BCUT2D eigenvalue weighted by Gasteiger charge is -2.23. The quantitative estimate of drug-likeness (QED) is 0.184. The van der Waals surface area contributed by atoms with Crippen molar-refractivity contribution in [2.75, 3.05) is 0 Å². The van der Waals surface area contributed by atoms with Crippen LogP contribution in [0.3, 0.4) is 0 Å². The number of rotatable bonds is 4. The highest BCUT2D eigenvalue weighted by atomic mass is 16.3. The number of nitrogens with zero attached hydrogens (tertiary/aromatic N) is 3. The summed E-state index contributed by atoms with van der Waals surface area (Å²) in [4.78, 5) is 15.2. The van der Waals surface area contributed by atoms with Crippen LogP contribution in [0.2, 0.25) is 0 Å². The van der Waals surface area contributed by atoms with Gasteiger partial charge in [0, 0.05) is 38.3 Å². The van der Waals surface area contributed by atoms with Gasteiger partial charge in [0.25, 0.3) is 0 Å². The molecule has 0 bridgehead atoms. The molecule has 254 valence electrons. The molecule has 0 aliphatic heterocycles. The van der Waals surface area contributed by atoms with E-state index in [0.29, 0.717) is 17.5 Å². The summed E-state index contributed by atoms with van der Waals surface area (Å²) in [5.41, 5.74) is 12.1. The summed E-state index contributed by atoms with van der Waals surface area (Å²) >= 11 is 0. The first kappa shape index (κ1) is 30.7. The highest BCUT2D eigenvalue weighted by Gasteiger charge is 2.41. The average molecular weight is 692 g/mol. The Hall–Kier alpha value is -6.91.